The van der Waals surface area contributed by atoms with Gasteiger partial charge in [-0.25, -0.2) is 0 Å². The van der Waals surface area contributed by atoms with Crippen LogP contribution in [0.1, 0.15) is 29.4 Å². The van der Waals surface area contributed by atoms with E-state index in [1.54, 1.807) is 12.4 Å². The fourth-order valence-corrected chi connectivity index (χ4v) is 3.15. The predicted octanol–water partition coefficient (Wildman–Crippen LogP) is 3.43. The van der Waals surface area contributed by atoms with Crippen molar-refractivity contribution in [2.24, 2.45) is 0 Å². The Bertz CT molecular complexity index is 798. The van der Waals surface area contributed by atoms with E-state index in [0.29, 0.717) is 11.7 Å². The van der Waals surface area contributed by atoms with Gasteiger partial charge in [-0.15, -0.1) is 0 Å². The van der Waals surface area contributed by atoms with Crippen LogP contribution in [0, 0.1) is 6.92 Å². The van der Waals surface area contributed by atoms with Gasteiger partial charge in [-0.2, -0.15) is 4.98 Å². The van der Waals surface area contributed by atoms with Crippen LogP contribution in [-0.2, 0) is 6.54 Å². The first-order valence-electron chi connectivity index (χ1n) is 8.30. The second-order valence-electron chi connectivity index (χ2n) is 6.40. The minimum absolute atomic E-state index is 0.318. The standard InChI is InChI=1S/C19H20N4O/c1-14-2-4-15(5-3-14)12-23-11-8-17(13-23)19-21-18(22-24-19)16-6-9-20-10-7-16/h2-7,9-10,17H,8,11-13H2,1H3/t17-/m1/s1. The molecule has 1 aliphatic rings. The molecule has 3 heterocycles. The van der Waals surface area contributed by atoms with Gasteiger partial charge in [0.25, 0.3) is 0 Å². The van der Waals surface area contributed by atoms with Crippen molar-refractivity contribution in [3.63, 3.8) is 0 Å². The number of aryl methyl sites for hydroxylation is 1. The van der Waals surface area contributed by atoms with E-state index in [9.17, 15) is 0 Å². The first kappa shape index (κ1) is 15.0. The minimum Gasteiger partial charge on any atom is -0.339 e. The van der Waals surface area contributed by atoms with Gasteiger partial charge < -0.3 is 4.52 Å². The molecule has 0 unspecified atom stereocenters. The fourth-order valence-electron chi connectivity index (χ4n) is 3.15. The van der Waals surface area contributed by atoms with E-state index in [0.717, 1.165) is 37.5 Å². The molecule has 2 aromatic heterocycles. The summed E-state index contributed by atoms with van der Waals surface area (Å²) in [6.07, 6.45) is 4.54. The van der Waals surface area contributed by atoms with Crippen LogP contribution < -0.4 is 0 Å². The number of rotatable bonds is 4. The van der Waals surface area contributed by atoms with Gasteiger partial charge in [-0.3, -0.25) is 9.88 Å². The van der Waals surface area contributed by atoms with Gasteiger partial charge in [-0.1, -0.05) is 35.0 Å². The van der Waals surface area contributed by atoms with Gasteiger partial charge in [0.05, 0.1) is 5.92 Å². The Labute approximate surface area is 141 Å². The normalized spacial score (nSPS) is 18.1. The highest BCUT2D eigenvalue weighted by Crippen LogP contribution is 2.28. The van der Waals surface area contributed by atoms with E-state index in [1.807, 2.05) is 12.1 Å². The number of nitrogens with zero attached hydrogens (tertiary/aromatic N) is 4. The van der Waals surface area contributed by atoms with Gasteiger partial charge >= 0.3 is 0 Å². The number of likely N-dealkylation sites (tertiary alicyclic amines) is 1. The summed E-state index contributed by atoms with van der Waals surface area (Å²) in [5.74, 6) is 1.70. The molecule has 1 saturated heterocycles. The Morgan fingerprint density at radius 1 is 1.12 bits per heavy atom. The minimum atomic E-state index is 0.318. The molecule has 3 aromatic rings. The highest BCUT2D eigenvalue weighted by molar-refractivity contribution is 5.52. The summed E-state index contributed by atoms with van der Waals surface area (Å²) >= 11 is 0. The highest BCUT2D eigenvalue weighted by atomic mass is 16.5. The van der Waals surface area contributed by atoms with Crippen molar-refractivity contribution in [2.45, 2.75) is 25.8 Å². The van der Waals surface area contributed by atoms with Crippen molar-refractivity contribution in [1.82, 2.24) is 20.0 Å². The molecule has 1 fully saturated rings. The lowest BCUT2D eigenvalue weighted by Gasteiger charge is -2.15. The zero-order valence-electron chi connectivity index (χ0n) is 13.7. The van der Waals surface area contributed by atoms with Crippen molar-refractivity contribution >= 4 is 0 Å². The predicted molar refractivity (Wildman–Crippen MR) is 91.3 cm³/mol. The van der Waals surface area contributed by atoms with Gasteiger partial charge in [0.2, 0.25) is 11.7 Å². The average Bonchev–Trinajstić information content (AvgIpc) is 3.27. The van der Waals surface area contributed by atoms with E-state index >= 15 is 0 Å². The van der Waals surface area contributed by atoms with Crippen LogP contribution in [0.4, 0.5) is 0 Å². The highest BCUT2D eigenvalue weighted by Gasteiger charge is 2.28. The summed E-state index contributed by atoms with van der Waals surface area (Å²) in [5, 5.41) is 4.12. The first-order valence-corrected chi connectivity index (χ1v) is 8.30. The second kappa shape index (κ2) is 6.53. The number of pyridine rings is 1. The van der Waals surface area contributed by atoms with Crippen LogP contribution in [0.5, 0.6) is 0 Å². The smallest absolute Gasteiger partial charge is 0.231 e. The Balaban J connectivity index is 1.42. The van der Waals surface area contributed by atoms with Gasteiger partial charge in [-0.05, 0) is 37.6 Å². The fraction of sp³-hybridized carbons (Fsp3) is 0.316. The maximum Gasteiger partial charge on any atom is 0.231 e. The van der Waals surface area contributed by atoms with Crippen LogP contribution in [0.3, 0.4) is 0 Å². The lowest BCUT2D eigenvalue weighted by atomic mass is 10.1. The Morgan fingerprint density at radius 3 is 2.71 bits per heavy atom. The van der Waals surface area contributed by atoms with Crippen LogP contribution in [0.25, 0.3) is 11.4 Å². The topological polar surface area (TPSA) is 55.1 Å². The summed E-state index contributed by atoms with van der Waals surface area (Å²) in [5.41, 5.74) is 3.59. The molecule has 5 heteroatoms. The van der Waals surface area contributed by atoms with Crippen LogP contribution in [0.15, 0.2) is 53.3 Å². The van der Waals surface area contributed by atoms with E-state index in [2.05, 4.69) is 51.2 Å². The summed E-state index contributed by atoms with van der Waals surface area (Å²) < 4.78 is 5.51. The molecule has 5 nitrogen and oxygen atoms in total. The Morgan fingerprint density at radius 2 is 1.92 bits per heavy atom. The average molecular weight is 320 g/mol. The quantitative estimate of drug-likeness (QED) is 0.737. The number of hydrogen-bond acceptors (Lipinski definition) is 5. The molecule has 0 radical (unpaired) electrons. The van der Waals surface area contributed by atoms with Crippen molar-refractivity contribution in [3.05, 3.63) is 65.8 Å². The molecule has 0 bridgehead atoms. The van der Waals surface area contributed by atoms with Crippen molar-refractivity contribution < 1.29 is 4.52 Å². The third-order valence-electron chi connectivity index (χ3n) is 4.53. The molecular weight excluding hydrogens is 300 g/mol. The van der Waals surface area contributed by atoms with Crippen molar-refractivity contribution in [2.75, 3.05) is 13.1 Å². The van der Waals surface area contributed by atoms with Crippen LogP contribution in [0.2, 0.25) is 0 Å². The third kappa shape index (κ3) is 3.21. The molecule has 24 heavy (non-hydrogen) atoms. The number of benzene rings is 1. The number of aromatic nitrogens is 3. The van der Waals surface area contributed by atoms with Gasteiger partial charge in [0, 0.05) is 31.0 Å². The second-order valence-corrected chi connectivity index (χ2v) is 6.40. The molecule has 0 amide bonds. The first-order chi connectivity index (χ1) is 11.8. The molecule has 1 atom stereocenters. The lowest BCUT2D eigenvalue weighted by molar-refractivity contribution is 0.309. The van der Waals surface area contributed by atoms with E-state index < -0.39 is 0 Å². The molecule has 122 valence electrons. The zero-order chi connectivity index (χ0) is 16.4. The van der Waals surface area contributed by atoms with E-state index in [1.165, 1.54) is 11.1 Å². The van der Waals surface area contributed by atoms with Crippen molar-refractivity contribution in [3.8, 4) is 11.4 Å². The summed E-state index contributed by atoms with van der Waals surface area (Å²) in [4.78, 5) is 11.1. The molecule has 0 saturated carbocycles. The largest absolute Gasteiger partial charge is 0.339 e. The van der Waals surface area contributed by atoms with E-state index in [-0.39, 0.29) is 0 Å². The summed E-state index contributed by atoms with van der Waals surface area (Å²) in [6, 6.07) is 12.5. The summed E-state index contributed by atoms with van der Waals surface area (Å²) in [7, 11) is 0. The molecule has 0 N–H and O–H groups in total. The number of hydrogen-bond donors (Lipinski definition) is 0. The zero-order valence-corrected chi connectivity index (χ0v) is 13.7. The third-order valence-corrected chi connectivity index (χ3v) is 4.53. The maximum absolute atomic E-state index is 5.51. The molecular formula is C19H20N4O. The lowest BCUT2D eigenvalue weighted by Crippen LogP contribution is -2.19. The van der Waals surface area contributed by atoms with Crippen molar-refractivity contribution in [1.29, 1.82) is 0 Å². The Kier molecular flexibility index (Phi) is 4.09. The van der Waals surface area contributed by atoms with Gasteiger partial charge in [0.15, 0.2) is 0 Å². The molecule has 0 spiro atoms. The molecule has 1 aromatic carbocycles. The molecule has 0 aliphatic carbocycles. The van der Waals surface area contributed by atoms with Crippen LogP contribution >= 0.6 is 0 Å². The SMILES string of the molecule is Cc1ccc(CN2CC[C@@H](c3nc(-c4ccncc4)no3)C2)cc1. The Hall–Kier alpha value is -2.53. The van der Waals surface area contributed by atoms with Gasteiger partial charge in [0.1, 0.15) is 0 Å². The van der Waals surface area contributed by atoms with Crippen LogP contribution in [-0.4, -0.2) is 33.1 Å². The van der Waals surface area contributed by atoms with E-state index in [4.69, 9.17) is 4.52 Å². The molecule has 4 rings (SSSR count). The summed E-state index contributed by atoms with van der Waals surface area (Å²) in [6.45, 7) is 5.12. The maximum atomic E-state index is 5.51. The molecule has 1 aliphatic heterocycles. The monoisotopic (exact) mass is 320 g/mol.